The van der Waals surface area contributed by atoms with Gasteiger partial charge in [0.2, 0.25) is 0 Å². The average molecular weight is 405 g/mol. The van der Waals surface area contributed by atoms with E-state index in [1.165, 1.54) is 13.8 Å². The first-order chi connectivity index (χ1) is 12.9. The number of hydrogen-bond acceptors (Lipinski definition) is 4. The van der Waals surface area contributed by atoms with Gasteiger partial charge in [-0.2, -0.15) is 18.4 Å². The number of benzene rings is 1. The van der Waals surface area contributed by atoms with E-state index in [-0.39, 0.29) is 5.70 Å². The SMILES string of the molecule is CCC1(C(=O)[O-])C(c2cccc(F)c2C(F)(F)F)C(C#N)=C(C)NC1C(F)F. The molecule has 1 N–H and O–H groups in total. The summed E-state index contributed by atoms with van der Waals surface area (Å²) in [6.07, 6.45) is -9.14. The molecule has 0 aromatic heterocycles. The summed E-state index contributed by atoms with van der Waals surface area (Å²) in [6.45, 7) is 2.35. The van der Waals surface area contributed by atoms with Crippen molar-refractivity contribution in [3.05, 3.63) is 46.4 Å². The fourth-order valence-electron chi connectivity index (χ4n) is 3.86. The highest BCUT2D eigenvalue weighted by Crippen LogP contribution is 2.53. The number of carbonyl (C=O) groups excluding carboxylic acids is 1. The molecular formula is C18H15F6N2O2-. The Hall–Kier alpha value is -2.70. The van der Waals surface area contributed by atoms with E-state index in [4.69, 9.17) is 0 Å². The molecule has 28 heavy (non-hydrogen) atoms. The molecule has 0 fully saturated rings. The minimum absolute atomic E-state index is 0.208. The smallest absolute Gasteiger partial charge is 0.419 e. The second kappa shape index (κ2) is 7.37. The Labute approximate surface area is 156 Å². The number of halogens is 6. The topological polar surface area (TPSA) is 75.9 Å². The standard InChI is InChI=1S/C18H16F6N2O2/c1-3-17(16(27)28)12(10(7-25)8(2)26-14(17)15(20)21)9-5-4-6-11(19)13(9)18(22,23)24/h4-6,12,14-15,26H,3H2,1-2H3,(H,27,28)/p-1. The van der Waals surface area contributed by atoms with Crippen molar-refractivity contribution in [1.82, 2.24) is 5.32 Å². The number of carboxylic acid groups (broad SMARTS) is 1. The Morgan fingerprint density at radius 2 is 2.00 bits per heavy atom. The third kappa shape index (κ3) is 3.19. The lowest BCUT2D eigenvalue weighted by Crippen LogP contribution is -2.63. The number of aliphatic carboxylic acids is 1. The van der Waals surface area contributed by atoms with Crippen molar-refractivity contribution >= 4 is 5.97 Å². The van der Waals surface area contributed by atoms with Crippen molar-refractivity contribution in [3.63, 3.8) is 0 Å². The third-order valence-corrected chi connectivity index (χ3v) is 5.11. The normalized spacial score (nSPS) is 25.4. The summed E-state index contributed by atoms with van der Waals surface area (Å²) in [6, 6.07) is 1.67. The van der Waals surface area contributed by atoms with Crippen LogP contribution >= 0.6 is 0 Å². The molecule has 152 valence electrons. The first kappa shape index (κ1) is 21.6. The minimum Gasteiger partial charge on any atom is -0.549 e. The van der Waals surface area contributed by atoms with Crippen molar-refractivity contribution in [2.45, 2.75) is 44.8 Å². The molecule has 1 aliphatic heterocycles. The number of hydrogen-bond donors (Lipinski definition) is 1. The van der Waals surface area contributed by atoms with E-state index in [1.807, 2.05) is 0 Å². The molecule has 10 heteroatoms. The van der Waals surface area contributed by atoms with Crippen LogP contribution in [-0.4, -0.2) is 18.4 Å². The monoisotopic (exact) mass is 405 g/mol. The fraction of sp³-hybridized carbons (Fsp3) is 0.444. The van der Waals surface area contributed by atoms with E-state index < -0.39 is 64.9 Å². The van der Waals surface area contributed by atoms with Crippen molar-refractivity contribution < 1.29 is 36.2 Å². The highest BCUT2D eigenvalue weighted by molar-refractivity contribution is 5.78. The highest BCUT2D eigenvalue weighted by atomic mass is 19.4. The summed E-state index contributed by atoms with van der Waals surface area (Å²) in [5.74, 6) is -5.74. The molecule has 3 atom stereocenters. The predicted molar refractivity (Wildman–Crippen MR) is 83.1 cm³/mol. The molecule has 0 saturated heterocycles. The van der Waals surface area contributed by atoms with E-state index in [0.717, 1.165) is 12.1 Å². The molecule has 1 aliphatic rings. The second-order valence-electron chi connectivity index (χ2n) is 6.42. The quantitative estimate of drug-likeness (QED) is 0.782. The zero-order valence-electron chi connectivity index (χ0n) is 14.7. The first-order valence-electron chi connectivity index (χ1n) is 8.16. The Bertz CT molecular complexity index is 859. The molecular weight excluding hydrogens is 390 g/mol. The van der Waals surface area contributed by atoms with Crippen LogP contribution in [0.5, 0.6) is 0 Å². The number of nitriles is 1. The van der Waals surface area contributed by atoms with Gasteiger partial charge in [0.1, 0.15) is 5.82 Å². The van der Waals surface area contributed by atoms with E-state index in [2.05, 4.69) is 5.32 Å². The number of nitrogens with zero attached hydrogens (tertiary/aromatic N) is 1. The van der Waals surface area contributed by atoms with Crippen LogP contribution in [0.25, 0.3) is 0 Å². The Morgan fingerprint density at radius 3 is 2.43 bits per heavy atom. The van der Waals surface area contributed by atoms with Crippen LogP contribution in [0.2, 0.25) is 0 Å². The van der Waals surface area contributed by atoms with Gasteiger partial charge < -0.3 is 15.2 Å². The molecule has 1 aromatic rings. The number of allylic oxidation sites excluding steroid dienone is 2. The summed E-state index contributed by atoms with van der Waals surface area (Å²) in [7, 11) is 0. The van der Waals surface area contributed by atoms with Gasteiger partial charge in [-0.1, -0.05) is 19.1 Å². The maximum Gasteiger partial charge on any atom is 0.419 e. The van der Waals surface area contributed by atoms with Crippen LogP contribution in [0.4, 0.5) is 26.3 Å². The van der Waals surface area contributed by atoms with E-state index in [1.54, 1.807) is 6.07 Å². The van der Waals surface area contributed by atoms with E-state index in [9.17, 15) is 41.5 Å². The van der Waals surface area contributed by atoms with Gasteiger partial charge in [-0.05, 0) is 25.0 Å². The maximum atomic E-state index is 14.1. The number of carboxylic acids is 1. The molecule has 1 aromatic carbocycles. The highest BCUT2D eigenvalue weighted by Gasteiger charge is 2.56. The average Bonchev–Trinajstić information content (AvgIpc) is 2.59. The summed E-state index contributed by atoms with van der Waals surface area (Å²) >= 11 is 0. The van der Waals surface area contributed by atoms with Gasteiger partial charge in [0.15, 0.2) is 0 Å². The zero-order chi connectivity index (χ0) is 21.4. The van der Waals surface area contributed by atoms with Crippen LogP contribution in [0.1, 0.15) is 37.3 Å². The molecule has 4 nitrogen and oxygen atoms in total. The Kier molecular flexibility index (Phi) is 5.69. The van der Waals surface area contributed by atoms with E-state index >= 15 is 0 Å². The predicted octanol–water partition coefficient (Wildman–Crippen LogP) is 3.11. The van der Waals surface area contributed by atoms with Crippen LogP contribution in [-0.2, 0) is 11.0 Å². The van der Waals surface area contributed by atoms with Gasteiger partial charge in [0, 0.05) is 17.0 Å². The summed E-state index contributed by atoms with van der Waals surface area (Å²) in [4.78, 5) is 12.0. The largest absolute Gasteiger partial charge is 0.549 e. The number of nitrogens with one attached hydrogen (secondary N) is 1. The van der Waals surface area contributed by atoms with Crippen molar-refractivity contribution in [3.8, 4) is 6.07 Å². The molecule has 2 rings (SSSR count). The lowest BCUT2D eigenvalue weighted by Gasteiger charge is -2.50. The zero-order valence-corrected chi connectivity index (χ0v) is 14.7. The summed E-state index contributed by atoms with van der Waals surface area (Å²) < 4.78 is 82.1. The number of rotatable bonds is 4. The molecule has 0 bridgehead atoms. The Balaban J connectivity index is 2.99. The van der Waals surface area contributed by atoms with Gasteiger partial charge in [-0.15, -0.1) is 0 Å². The maximum absolute atomic E-state index is 14.1. The molecule has 1 heterocycles. The molecule has 0 radical (unpaired) electrons. The molecule has 0 spiro atoms. The van der Waals surface area contributed by atoms with Crippen molar-refractivity contribution in [1.29, 1.82) is 5.26 Å². The molecule has 3 unspecified atom stereocenters. The fourth-order valence-corrected chi connectivity index (χ4v) is 3.86. The molecule has 0 aliphatic carbocycles. The number of carbonyl (C=O) groups is 1. The molecule has 0 amide bonds. The summed E-state index contributed by atoms with van der Waals surface area (Å²) in [5, 5.41) is 23.7. The van der Waals surface area contributed by atoms with Gasteiger partial charge in [-0.25, -0.2) is 13.2 Å². The van der Waals surface area contributed by atoms with Crippen LogP contribution in [0.15, 0.2) is 29.5 Å². The van der Waals surface area contributed by atoms with E-state index in [0.29, 0.717) is 6.07 Å². The lowest BCUT2D eigenvalue weighted by atomic mass is 9.60. The second-order valence-corrected chi connectivity index (χ2v) is 6.42. The van der Waals surface area contributed by atoms with Crippen LogP contribution in [0.3, 0.4) is 0 Å². The summed E-state index contributed by atoms with van der Waals surface area (Å²) in [5.41, 5.74) is -6.03. The van der Waals surface area contributed by atoms with Crippen molar-refractivity contribution in [2.24, 2.45) is 5.41 Å². The molecule has 0 saturated carbocycles. The van der Waals surface area contributed by atoms with Crippen LogP contribution < -0.4 is 10.4 Å². The van der Waals surface area contributed by atoms with Gasteiger partial charge in [0.05, 0.1) is 29.2 Å². The van der Waals surface area contributed by atoms with Crippen LogP contribution in [0, 0.1) is 22.6 Å². The minimum atomic E-state index is -5.24. The lowest BCUT2D eigenvalue weighted by molar-refractivity contribution is -0.324. The number of alkyl halides is 5. The third-order valence-electron chi connectivity index (χ3n) is 5.11. The van der Waals surface area contributed by atoms with Gasteiger partial charge >= 0.3 is 6.18 Å². The van der Waals surface area contributed by atoms with Gasteiger partial charge in [-0.3, -0.25) is 0 Å². The first-order valence-corrected chi connectivity index (χ1v) is 8.16. The van der Waals surface area contributed by atoms with Gasteiger partial charge in [0.25, 0.3) is 6.43 Å². The Morgan fingerprint density at radius 1 is 1.39 bits per heavy atom. The van der Waals surface area contributed by atoms with Crippen molar-refractivity contribution in [2.75, 3.05) is 0 Å².